The third-order valence-corrected chi connectivity index (χ3v) is 4.71. The van der Waals surface area contributed by atoms with Gasteiger partial charge in [0.1, 0.15) is 17.4 Å². The van der Waals surface area contributed by atoms with Crippen molar-refractivity contribution in [3.8, 4) is 17.7 Å². The van der Waals surface area contributed by atoms with Gasteiger partial charge in [-0.1, -0.05) is 0 Å². The van der Waals surface area contributed by atoms with Gasteiger partial charge in [0.25, 0.3) is 0 Å². The van der Waals surface area contributed by atoms with Gasteiger partial charge in [0.15, 0.2) is 0 Å². The van der Waals surface area contributed by atoms with Crippen molar-refractivity contribution in [1.29, 1.82) is 5.26 Å². The number of aromatic nitrogens is 2. The molecule has 6 nitrogen and oxygen atoms in total. The first kappa shape index (κ1) is 14.9. The van der Waals surface area contributed by atoms with Crippen molar-refractivity contribution in [2.75, 3.05) is 0 Å². The Hall–Kier alpha value is -1.98. The molecule has 0 spiro atoms. The number of nitriles is 1. The zero-order valence-corrected chi connectivity index (χ0v) is 14.5. The van der Waals surface area contributed by atoms with Crippen LogP contribution in [0.3, 0.4) is 0 Å². The fourth-order valence-electron chi connectivity index (χ4n) is 2.48. The molecule has 0 fully saturated rings. The monoisotopic (exact) mass is 424 g/mol. The molecule has 1 aromatic carbocycles. The SMILES string of the molecule is Cc1[nH]nc2c1[C@H](c1cc(Br)c(O)c(Br)c1)C(C#N)=C(N)O2. The summed E-state index contributed by atoms with van der Waals surface area (Å²) in [5, 5.41) is 26.3. The summed E-state index contributed by atoms with van der Waals surface area (Å²) in [7, 11) is 0. The number of benzene rings is 1. The summed E-state index contributed by atoms with van der Waals surface area (Å²) in [5.74, 6) is 0.0715. The highest BCUT2D eigenvalue weighted by atomic mass is 79.9. The van der Waals surface area contributed by atoms with Crippen LogP contribution < -0.4 is 10.5 Å². The number of aromatic hydroxyl groups is 1. The van der Waals surface area contributed by atoms with E-state index in [-0.39, 0.29) is 11.6 Å². The van der Waals surface area contributed by atoms with Gasteiger partial charge >= 0.3 is 0 Å². The summed E-state index contributed by atoms with van der Waals surface area (Å²) in [5.41, 5.74) is 8.50. The number of halogens is 2. The molecule has 0 bridgehead atoms. The number of hydrogen-bond donors (Lipinski definition) is 3. The van der Waals surface area contributed by atoms with E-state index in [0.29, 0.717) is 20.4 Å². The highest BCUT2D eigenvalue weighted by Crippen LogP contribution is 2.45. The van der Waals surface area contributed by atoms with Crippen LogP contribution in [0.25, 0.3) is 0 Å². The Kier molecular flexibility index (Phi) is 3.62. The number of phenols is 1. The second-order valence-electron chi connectivity index (χ2n) is 4.83. The van der Waals surface area contributed by atoms with E-state index in [4.69, 9.17) is 10.5 Å². The normalized spacial score (nSPS) is 16.9. The molecule has 0 amide bonds. The second-order valence-corrected chi connectivity index (χ2v) is 6.53. The Bertz CT molecular complexity index is 828. The topological polar surface area (TPSA) is 108 Å². The van der Waals surface area contributed by atoms with Crippen molar-refractivity contribution in [2.24, 2.45) is 5.73 Å². The van der Waals surface area contributed by atoms with E-state index in [1.54, 1.807) is 12.1 Å². The van der Waals surface area contributed by atoms with Gasteiger partial charge in [0.2, 0.25) is 11.8 Å². The van der Waals surface area contributed by atoms with Gasteiger partial charge in [-0.2, -0.15) is 5.26 Å². The van der Waals surface area contributed by atoms with Crippen molar-refractivity contribution in [3.63, 3.8) is 0 Å². The average Bonchev–Trinajstić information content (AvgIpc) is 2.83. The van der Waals surface area contributed by atoms with E-state index in [1.807, 2.05) is 6.92 Å². The zero-order chi connectivity index (χ0) is 16.0. The smallest absolute Gasteiger partial charge is 0.244 e. The van der Waals surface area contributed by atoms with Crippen LogP contribution in [0.4, 0.5) is 0 Å². The van der Waals surface area contributed by atoms with Crippen LogP contribution in [-0.2, 0) is 0 Å². The lowest BCUT2D eigenvalue weighted by atomic mass is 9.84. The van der Waals surface area contributed by atoms with Crippen molar-refractivity contribution in [1.82, 2.24) is 10.2 Å². The minimum atomic E-state index is -0.416. The molecule has 1 aliphatic rings. The zero-order valence-electron chi connectivity index (χ0n) is 11.3. The van der Waals surface area contributed by atoms with Crippen molar-refractivity contribution in [2.45, 2.75) is 12.8 Å². The van der Waals surface area contributed by atoms with Crippen molar-refractivity contribution >= 4 is 31.9 Å². The standard InChI is InChI=1S/C14H10Br2N4O2/c1-5-10-11(6-2-8(15)12(21)9(16)3-6)7(4-17)13(18)22-14(10)20-19-5/h2-3,11,21H,18H2,1H3,(H,19,20)/t11-/m1/s1. The molecule has 4 N–H and O–H groups in total. The number of hydrogen-bond acceptors (Lipinski definition) is 5. The number of aromatic amines is 1. The molecule has 0 radical (unpaired) electrons. The molecule has 0 aliphatic carbocycles. The molecule has 22 heavy (non-hydrogen) atoms. The summed E-state index contributed by atoms with van der Waals surface area (Å²) in [6, 6.07) is 5.60. The molecule has 0 saturated carbocycles. The van der Waals surface area contributed by atoms with Crippen LogP contribution in [-0.4, -0.2) is 15.3 Å². The van der Waals surface area contributed by atoms with E-state index in [1.165, 1.54) is 0 Å². The average molecular weight is 426 g/mol. The Morgan fingerprint density at radius 2 is 2.05 bits per heavy atom. The molecule has 1 aliphatic heterocycles. The first-order chi connectivity index (χ1) is 10.4. The fraction of sp³-hybridized carbons (Fsp3) is 0.143. The van der Waals surface area contributed by atoms with Gasteiger partial charge in [-0.3, -0.25) is 5.10 Å². The van der Waals surface area contributed by atoms with Gasteiger partial charge in [-0.25, -0.2) is 0 Å². The number of nitrogens with one attached hydrogen (secondary N) is 1. The summed E-state index contributed by atoms with van der Waals surface area (Å²) in [4.78, 5) is 0. The number of rotatable bonds is 1. The summed E-state index contributed by atoms with van der Waals surface area (Å²) >= 11 is 6.61. The highest BCUT2D eigenvalue weighted by molar-refractivity contribution is 9.11. The number of aryl methyl sites for hydroxylation is 1. The molecule has 112 valence electrons. The quantitative estimate of drug-likeness (QED) is 0.650. The number of nitrogens with zero attached hydrogens (tertiary/aromatic N) is 2. The van der Waals surface area contributed by atoms with Gasteiger partial charge in [-0.05, 0) is 56.5 Å². The van der Waals surface area contributed by atoms with Crippen molar-refractivity contribution < 1.29 is 9.84 Å². The number of fused-ring (bicyclic) bond motifs is 1. The van der Waals surface area contributed by atoms with Gasteiger partial charge in [0, 0.05) is 11.3 Å². The van der Waals surface area contributed by atoms with Gasteiger partial charge < -0.3 is 15.6 Å². The van der Waals surface area contributed by atoms with E-state index < -0.39 is 5.92 Å². The lowest BCUT2D eigenvalue weighted by molar-refractivity contribution is 0.378. The molecule has 2 heterocycles. The third kappa shape index (κ3) is 2.17. The van der Waals surface area contributed by atoms with Crippen LogP contribution in [0.5, 0.6) is 11.6 Å². The second kappa shape index (κ2) is 5.34. The fourth-order valence-corrected chi connectivity index (χ4v) is 3.71. The first-order valence-electron chi connectivity index (χ1n) is 6.24. The van der Waals surface area contributed by atoms with Crippen LogP contribution >= 0.6 is 31.9 Å². The van der Waals surface area contributed by atoms with Crippen LogP contribution in [0.1, 0.15) is 22.7 Å². The Balaban J connectivity index is 2.28. The number of H-pyrrole nitrogens is 1. The number of nitrogens with two attached hydrogens (primary N) is 1. The highest BCUT2D eigenvalue weighted by Gasteiger charge is 2.34. The van der Waals surface area contributed by atoms with E-state index >= 15 is 0 Å². The van der Waals surface area contributed by atoms with Crippen LogP contribution in [0.15, 0.2) is 32.5 Å². The van der Waals surface area contributed by atoms with E-state index in [2.05, 4.69) is 48.1 Å². The predicted octanol–water partition coefficient (Wildman–Crippen LogP) is 3.17. The van der Waals surface area contributed by atoms with Crippen LogP contribution in [0, 0.1) is 18.3 Å². The number of phenolic OH excluding ortho intramolecular Hbond substituents is 1. The summed E-state index contributed by atoms with van der Waals surface area (Å²) in [6.45, 7) is 1.85. The minimum absolute atomic E-state index is 0.0341. The Morgan fingerprint density at radius 3 is 2.64 bits per heavy atom. The maximum atomic E-state index is 9.88. The van der Waals surface area contributed by atoms with E-state index in [9.17, 15) is 10.4 Å². The number of allylic oxidation sites excluding steroid dienone is 1. The summed E-state index contributed by atoms with van der Waals surface area (Å²) in [6.07, 6.45) is 0. The predicted molar refractivity (Wildman–Crippen MR) is 86.1 cm³/mol. The van der Waals surface area contributed by atoms with Crippen LogP contribution in [0.2, 0.25) is 0 Å². The maximum absolute atomic E-state index is 9.88. The number of ether oxygens (including phenoxy) is 1. The maximum Gasteiger partial charge on any atom is 0.244 e. The van der Waals surface area contributed by atoms with Gasteiger partial charge in [-0.15, -0.1) is 5.10 Å². The molecule has 1 aromatic heterocycles. The molecule has 3 rings (SSSR count). The largest absolute Gasteiger partial charge is 0.506 e. The molecule has 0 saturated heterocycles. The lowest BCUT2D eigenvalue weighted by Gasteiger charge is -2.24. The van der Waals surface area contributed by atoms with Gasteiger partial charge in [0.05, 0.1) is 14.9 Å². The van der Waals surface area contributed by atoms with E-state index in [0.717, 1.165) is 16.8 Å². The molecular formula is C14H10Br2N4O2. The summed E-state index contributed by atoms with van der Waals surface area (Å²) < 4.78 is 6.44. The first-order valence-corrected chi connectivity index (χ1v) is 7.83. The third-order valence-electron chi connectivity index (χ3n) is 3.50. The molecule has 8 heteroatoms. The minimum Gasteiger partial charge on any atom is -0.506 e. The Morgan fingerprint density at radius 1 is 1.41 bits per heavy atom. The lowest BCUT2D eigenvalue weighted by Crippen LogP contribution is -2.21. The molecule has 0 unspecified atom stereocenters. The Labute approximate surface area is 142 Å². The molecule has 2 aromatic rings. The van der Waals surface area contributed by atoms with Crippen molar-refractivity contribution in [3.05, 3.63) is 49.4 Å². The molecular weight excluding hydrogens is 416 g/mol. The molecule has 1 atom stereocenters.